The second-order valence-electron chi connectivity index (χ2n) is 1.90. The van der Waals surface area contributed by atoms with Gasteiger partial charge in [-0.2, -0.15) is 12.6 Å². The Hall–Kier alpha value is -0.410. The lowest BCUT2D eigenvalue weighted by molar-refractivity contribution is 0.605. The molecule has 0 atom stereocenters. The molecule has 60 valence electrons. The fourth-order valence-corrected chi connectivity index (χ4v) is 0.841. The van der Waals surface area contributed by atoms with Crippen LogP contribution in [-0.2, 0) is 15.9 Å². The number of benzene rings is 1. The summed E-state index contributed by atoms with van der Waals surface area (Å²) in [6.45, 7) is 2.00. The number of aryl methyl sites for hydroxylation is 1. The minimum atomic E-state index is 0.527. The monoisotopic (exact) mass is 187 g/mol. The van der Waals surface area contributed by atoms with Crippen molar-refractivity contribution in [3.05, 3.63) is 29.8 Å². The summed E-state index contributed by atoms with van der Waals surface area (Å²) in [4.78, 5) is 0.778. The Morgan fingerprint density at radius 2 is 1.64 bits per heavy atom. The van der Waals surface area contributed by atoms with Gasteiger partial charge in [0.2, 0.25) is 0 Å². The van der Waals surface area contributed by atoms with Crippen LogP contribution in [0.25, 0.3) is 0 Å². The molecule has 0 amide bonds. The SMILES string of the molecule is CS.Cc1ccc([S+]=O)cc1. The van der Waals surface area contributed by atoms with E-state index in [9.17, 15) is 4.21 Å². The van der Waals surface area contributed by atoms with Gasteiger partial charge >= 0.3 is 11.7 Å². The third kappa shape index (κ3) is 4.11. The van der Waals surface area contributed by atoms with Crippen LogP contribution in [-0.4, -0.2) is 6.26 Å². The molecule has 0 radical (unpaired) electrons. The number of hydrogen-bond donors (Lipinski definition) is 1. The first kappa shape index (κ1) is 10.6. The van der Waals surface area contributed by atoms with E-state index in [-0.39, 0.29) is 0 Å². The average molecular weight is 187 g/mol. The van der Waals surface area contributed by atoms with Crippen molar-refractivity contribution in [2.24, 2.45) is 0 Å². The molecule has 1 aromatic rings. The number of hydrogen-bond acceptors (Lipinski definition) is 2. The van der Waals surface area contributed by atoms with Crippen LogP contribution in [0.2, 0.25) is 0 Å². The predicted octanol–water partition coefficient (Wildman–Crippen LogP) is 2.33. The Morgan fingerprint density at radius 3 is 2.00 bits per heavy atom. The molecule has 1 rings (SSSR count). The lowest BCUT2D eigenvalue weighted by atomic mass is 10.2. The van der Waals surface area contributed by atoms with Crippen molar-refractivity contribution in [3.8, 4) is 0 Å². The molecule has 0 spiro atoms. The highest BCUT2D eigenvalue weighted by Gasteiger charge is 2.01. The Balaban J connectivity index is 0.000000461. The van der Waals surface area contributed by atoms with Crippen molar-refractivity contribution in [2.75, 3.05) is 6.26 Å². The molecule has 0 aromatic heterocycles. The molecule has 0 bridgehead atoms. The van der Waals surface area contributed by atoms with Gasteiger partial charge in [0, 0.05) is 16.3 Å². The van der Waals surface area contributed by atoms with E-state index in [1.165, 1.54) is 5.56 Å². The van der Waals surface area contributed by atoms with Gasteiger partial charge in [0.05, 0.1) is 0 Å². The Labute approximate surface area is 76.7 Å². The maximum atomic E-state index is 10.2. The molecule has 1 aromatic carbocycles. The van der Waals surface area contributed by atoms with Crippen molar-refractivity contribution >= 4 is 24.3 Å². The van der Waals surface area contributed by atoms with Crippen LogP contribution in [0, 0.1) is 6.92 Å². The van der Waals surface area contributed by atoms with Crippen LogP contribution in [0.4, 0.5) is 0 Å². The van der Waals surface area contributed by atoms with E-state index in [0.717, 1.165) is 4.90 Å². The second kappa shape index (κ2) is 6.31. The van der Waals surface area contributed by atoms with Gasteiger partial charge in [0.25, 0.3) is 4.90 Å². The van der Waals surface area contributed by atoms with Crippen molar-refractivity contribution in [1.29, 1.82) is 0 Å². The van der Waals surface area contributed by atoms with Gasteiger partial charge < -0.3 is 0 Å². The first-order chi connectivity index (χ1) is 5.33. The molecule has 0 saturated heterocycles. The quantitative estimate of drug-likeness (QED) is 0.527. The number of thiol groups is 1. The zero-order chi connectivity index (χ0) is 8.69. The zero-order valence-electron chi connectivity index (χ0n) is 6.57. The summed E-state index contributed by atoms with van der Waals surface area (Å²) < 4.78 is 10.2. The van der Waals surface area contributed by atoms with Crippen LogP contribution in [0.15, 0.2) is 29.2 Å². The summed E-state index contributed by atoms with van der Waals surface area (Å²) in [5, 5.41) is 0. The Kier molecular flexibility index (Phi) is 6.07. The summed E-state index contributed by atoms with van der Waals surface area (Å²) in [7, 11) is 0. The summed E-state index contributed by atoms with van der Waals surface area (Å²) in [6, 6.07) is 7.51. The third-order valence-corrected chi connectivity index (χ3v) is 1.58. The minimum absolute atomic E-state index is 0.527. The van der Waals surface area contributed by atoms with Gasteiger partial charge in [-0.25, -0.2) is 0 Å². The summed E-state index contributed by atoms with van der Waals surface area (Å²) in [6.07, 6.45) is 1.69. The van der Waals surface area contributed by atoms with Crippen LogP contribution >= 0.6 is 12.6 Å². The van der Waals surface area contributed by atoms with Gasteiger partial charge in [-0.05, 0) is 13.2 Å². The fourth-order valence-electron chi connectivity index (χ4n) is 0.594. The van der Waals surface area contributed by atoms with Crippen LogP contribution in [0.3, 0.4) is 0 Å². The van der Waals surface area contributed by atoms with E-state index < -0.39 is 0 Å². The van der Waals surface area contributed by atoms with E-state index in [1.807, 2.05) is 31.2 Å². The molecule has 0 aliphatic rings. The lowest BCUT2D eigenvalue weighted by Crippen LogP contribution is -1.72. The molecule has 0 unspecified atom stereocenters. The summed E-state index contributed by atoms with van der Waals surface area (Å²) in [5.74, 6) is 0. The molecule has 0 heterocycles. The van der Waals surface area contributed by atoms with Gasteiger partial charge in [-0.1, -0.05) is 17.7 Å². The van der Waals surface area contributed by atoms with E-state index in [0.29, 0.717) is 11.7 Å². The molecule has 11 heavy (non-hydrogen) atoms. The molecule has 0 aliphatic carbocycles. The van der Waals surface area contributed by atoms with Gasteiger partial charge in [0.15, 0.2) is 0 Å². The smallest absolute Gasteiger partial charge is 0.183 e. The van der Waals surface area contributed by atoms with Crippen molar-refractivity contribution < 1.29 is 4.21 Å². The number of rotatable bonds is 1. The summed E-state index contributed by atoms with van der Waals surface area (Å²) >= 11 is 4.06. The first-order valence-corrected chi connectivity index (χ1v) is 4.78. The van der Waals surface area contributed by atoms with Crippen molar-refractivity contribution in [3.63, 3.8) is 0 Å². The molecule has 0 fully saturated rings. The summed E-state index contributed by atoms with van der Waals surface area (Å²) in [5.41, 5.74) is 1.19. The van der Waals surface area contributed by atoms with Crippen molar-refractivity contribution in [1.82, 2.24) is 0 Å². The maximum absolute atomic E-state index is 10.2. The van der Waals surface area contributed by atoms with Gasteiger partial charge in [-0.15, -0.1) is 0 Å². The van der Waals surface area contributed by atoms with E-state index in [2.05, 4.69) is 12.6 Å². The molecule has 0 N–H and O–H groups in total. The highest BCUT2D eigenvalue weighted by Crippen LogP contribution is 2.01. The second-order valence-corrected chi connectivity index (χ2v) is 2.53. The lowest BCUT2D eigenvalue weighted by Gasteiger charge is -1.82. The normalized spacial score (nSPS) is 7.91. The molecule has 1 nitrogen and oxygen atoms in total. The van der Waals surface area contributed by atoms with Crippen LogP contribution in [0.1, 0.15) is 5.56 Å². The highest BCUT2D eigenvalue weighted by atomic mass is 32.1. The Morgan fingerprint density at radius 1 is 1.18 bits per heavy atom. The fraction of sp³-hybridized carbons (Fsp3) is 0.250. The molecular weight excluding hydrogens is 176 g/mol. The standard InChI is InChI=1S/C7H7OS.CH4S/c1-6-2-4-7(9-8)5-3-6;1-2/h2-5H,1H3;2H,1H3/q+1;. The third-order valence-electron chi connectivity index (χ3n) is 1.12. The highest BCUT2D eigenvalue weighted by molar-refractivity contribution is 7.79. The first-order valence-electron chi connectivity index (χ1n) is 3.14. The van der Waals surface area contributed by atoms with Crippen LogP contribution < -0.4 is 0 Å². The van der Waals surface area contributed by atoms with Gasteiger partial charge in [-0.3, -0.25) is 0 Å². The van der Waals surface area contributed by atoms with E-state index in [4.69, 9.17) is 0 Å². The topological polar surface area (TPSA) is 17.1 Å². The molecule has 0 saturated carbocycles. The van der Waals surface area contributed by atoms with Crippen LogP contribution in [0.5, 0.6) is 0 Å². The minimum Gasteiger partial charge on any atom is -0.183 e. The van der Waals surface area contributed by atoms with Gasteiger partial charge in [0.1, 0.15) is 0 Å². The molecular formula is C8H11OS2+. The Bertz CT molecular complexity index is 206. The van der Waals surface area contributed by atoms with E-state index in [1.54, 1.807) is 6.26 Å². The zero-order valence-corrected chi connectivity index (χ0v) is 8.28. The predicted molar refractivity (Wildman–Crippen MR) is 52.4 cm³/mol. The van der Waals surface area contributed by atoms with Crippen molar-refractivity contribution in [2.45, 2.75) is 11.8 Å². The largest absolute Gasteiger partial charge is 0.505 e. The molecule has 0 aliphatic heterocycles. The van der Waals surface area contributed by atoms with E-state index >= 15 is 0 Å². The molecule has 3 heteroatoms. The maximum Gasteiger partial charge on any atom is 0.505 e. The average Bonchev–Trinajstić information content (AvgIpc) is 2.10.